The van der Waals surface area contributed by atoms with E-state index in [1.165, 1.54) is 12.8 Å². The number of hydrogen-bond donors (Lipinski definition) is 1. The lowest BCUT2D eigenvalue weighted by Crippen LogP contribution is -2.56. The van der Waals surface area contributed by atoms with E-state index in [4.69, 9.17) is 4.74 Å². The number of carbonyl (C=O) groups is 1. The fraction of sp³-hybridized carbons (Fsp3) is 0.588. The van der Waals surface area contributed by atoms with Crippen LogP contribution in [0.3, 0.4) is 0 Å². The van der Waals surface area contributed by atoms with Gasteiger partial charge in [0.25, 0.3) is 0 Å². The fourth-order valence-corrected chi connectivity index (χ4v) is 4.17. The second-order valence-corrected chi connectivity index (χ2v) is 6.75. The van der Waals surface area contributed by atoms with Crippen molar-refractivity contribution in [1.82, 2.24) is 10.2 Å². The molecule has 1 spiro atoms. The molecule has 3 aliphatic rings. The van der Waals surface area contributed by atoms with Gasteiger partial charge >= 0.3 is 6.09 Å². The minimum absolute atomic E-state index is 0.133. The fourth-order valence-electron chi connectivity index (χ4n) is 4.17. The van der Waals surface area contributed by atoms with Crippen LogP contribution in [-0.2, 0) is 11.3 Å². The Morgan fingerprint density at radius 2 is 1.90 bits per heavy atom. The molecule has 3 fully saturated rings. The number of nitrogens with one attached hydrogen (secondary N) is 1. The van der Waals surface area contributed by atoms with E-state index in [-0.39, 0.29) is 11.7 Å². The third-order valence-electron chi connectivity index (χ3n) is 5.19. The summed E-state index contributed by atoms with van der Waals surface area (Å²) in [7, 11) is 0. The first kappa shape index (κ1) is 13.1. The van der Waals surface area contributed by atoms with Gasteiger partial charge in [-0.05, 0) is 18.4 Å². The van der Waals surface area contributed by atoms with Crippen molar-refractivity contribution in [1.29, 1.82) is 0 Å². The predicted octanol–water partition coefficient (Wildman–Crippen LogP) is 2.68. The lowest BCUT2D eigenvalue weighted by atomic mass is 9.83. The zero-order valence-corrected chi connectivity index (χ0v) is 12.3. The SMILES string of the molecule is O=C1OC2(CCN1Cc1ccccc1)CC1CCC(C2)N1. The number of fused-ring (bicyclic) bond motifs is 2. The van der Waals surface area contributed by atoms with E-state index in [0.717, 1.165) is 31.4 Å². The molecule has 3 aliphatic heterocycles. The van der Waals surface area contributed by atoms with Gasteiger partial charge in [0.05, 0.1) is 0 Å². The highest BCUT2D eigenvalue weighted by atomic mass is 16.6. The highest BCUT2D eigenvalue weighted by molar-refractivity contribution is 5.69. The van der Waals surface area contributed by atoms with E-state index in [1.54, 1.807) is 0 Å². The van der Waals surface area contributed by atoms with Crippen molar-refractivity contribution < 1.29 is 9.53 Å². The van der Waals surface area contributed by atoms with Gasteiger partial charge in [-0.2, -0.15) is 0 Å². The van der Waals surface area contributed by atoms with Crippen molar-refractivity contribution in [3.05, 3.63) is 35.9 Å². The van der Waals surface area contributed by atoms with Crippen LogP contribution in [0, 0.1) is 0 Å². The van der Waals surface area contributed by atoms with Gasteiger partial charge in [0.15, 0.2) is 0 Å². The van der Waals surface area contributed by atoms with Crippen LogP contribution in [-0.4, -0.2) is 35.2 Å². The number of rotatable bonds is 2. The first-order valence-corrected chi connectivity index (χ1v) is 8.00. The molecule has 2 atom stereocenters. The second kappa shape index (κ2) is 5.02. The first-order valence-electron chi connectivity index (χ1n) is 8.00. The van der Waals surface area contributed by atoms with Crippen LogP contribution in [0.2, 0.25) is 0 Å². The Labute approximate surface area is 125 Å². The molecule has 112 valence electrons. The third-order valence-corrected chi connectivity index (χ3v) is 5.19. The molecule has 0 aliphatic carbocycles. The molecule has 3 saturated heterocycles. The van der Waals surface area contributed by atoms with Gasteiger partial charge in [0, 0.05) is 44.4 Å². The summed E-state index contributed by atoms with van der Waals surface area (Å²) < 4.78 is 5.93. The molecule has 2 unspecified atom stereocenters. The summed E-state index contributed by atoms with van der Waals surface area (Å²) in [5, 5.41) is 3.62. The molecule has 1 aromatic rings. The van der Waals surface area contributed by atoms with E-state index < -0.39 is 0 Å². The average Bonchev–Trinajstić information content (AvgIpc) is 2.83. The van der Waals surface area contributed by atoms with E-state index >= 15 is 0 Å². The predicted molar refractivity (Wildman–Crippen MR) is 79.9 cm³/mol. The Kier molecular flexibility index (Phi) is 3.14. The molecule has 1 aromatic carbocycles. The summed E-state index contributed by atoms with van der Waals surface area (Å²) in [6.45, 7) is 1.47. The Morgan fingerprint density at radius 3 is 2.57 bits per heavy atom. The van der Waals surface area contributed by atoms with Crippen molar-refractivity contribution in [2.75, 3.05) is 6.54 Å². The maximum atomic E-state index is 12.4. The van der Waals surface area contributed by atoms with Crippen LogP contribution in [0.1, 0.15) is 37.7 Å². The highest BCUT2D eigenvalue weighted by Gasteiger charge is 2.48. The van der Waals surface area contributed by atoms with Crippen LogP contribution < -0.4 is 5.32 Å². The van der Waals surface area contributed by atoms with E-state index in [0.29, 0.717) is 18.6 Å². The van der Waals surface area contributed by atoms with Crippen molar-refractivity contribution in [3.63, 3.8) is 0 Å². The summed E-state index contributed by atoms with van der Waals surface area (Å²) in [4.78, 5) is 14.2. The topological polar surface area (TPSA) is 41.6 Å². The number of ether oxygens (including phenoxy) is 1. The van der Waals surface area contributed by atoms with Gasteiger partial charge in [-0.1, -0.05) is 30.3 Å². The zero-order chi connectivity index (χ0) is 14.3. The monoisotopic (exact) mass is 286 g/mol. The van der Waals surface area contributed by atoms with E-state index in [1.807, 2.05) is 23.1 Å². The molecule has 1 N–H and O–H groups in total. The number of nitrogens with zero attached hydrogens (tertiary/aromatic N) is 1. The normalized spacial score (nSPS) is 35.0. The molecule has 0 aromatic heterocycles. The molecule has 0 radical (unpaired) electrons. The molecular weight excluding hydrogens is 264 g/mol. The Balaban J connectivity index is 1.43. The lowest BCUT2D eigenvalue weighted by molar-refractivity contribution is -0.0757. The molecule has 4 heteroatoms. The Morgan fingerprint density at radius 1 is 1.19 bits per heavy atom. The number of hydrogen-bond acceptors (Lipinski definition) is 3. The minimum atomic E-state index is -0.193. The number of carbonyl (C=O) groups excluding carboxylic acids is 1. The Hall–Kier alpha value is -1.55. The van der Waals surface area contributed by atoms with Gasteiger partial charge in [-0.3, -0.25) is 0 Å². The average molecular weight is 286 g/mol. The van der Waals surface area contributed by atoms with Crippen LogP contribution >= 0.6 is 0 Å². The lowest BCUT2D eigenvalue weighted by Gasteiger charge is -2.45. The standard InChI is InChI=1S/C17H22N2O2/c20-16-19(12-13-4-2-1-3-5-13)9-8-17(21-16)10-14-6-7-15(11-17)18-14/h1-5,14-15,18H,6-12H2. The third kappa shape index (κ3) is 2.53. The van der Waals surface area contributed by atoms with Crippen molar-refractivity contribution in [2.45, 2.75) is 56.3 Å². The summed E-state index contributed by atoms with van der Waals surface area (Å²) >= 11 is 0. The van der Waals surface area contributed by atoms with Crippen LogP contribution in [0.15, 0.2) is 30.3 Å². The van der Waals surface area contributed by atoms with Gasteiger partial charge in [0.2, 0.25) is 0 Å². The van der Waals surface area contributed by atoms with E-state index in [2.05, 4.69) is 17.4 Å². The summed E-state index contributed by atoms with van der Waals surface area (Å²) in [6, 6.07) is 11.2. The number of amides is 1. The quantitative estimate of drug-likeness (QED) is 0.909. The van der Waals surface area contributed by atoms with Crippen LogP contribution in [0.25, 0.3) is 0 Å². The van der Waals surface area contributed by atoms with Crippen LogP contribution in [0.5, 0.6) is 0 Å². The molecule has 3 heterocycles. The largest absolute Gasteiger partial charge is 0.443 e. The van der Waals surface area contributed by atoms with Crippen molar-refractivity contribution in [2.24, 2.45) is 0 Å². The number of benzene rings is 1. The molecule has 0 saturated carbocycles. The molecule has 4 rings (SSSR count). The van der Waals surface area contributed by atoms with E-state index in [9.17, 15) is 4.79 Å². The molecular formula is C17H22N2O2. The second-order valence-electron chi connectivity index (χ2n) is 6.75. The van der Waals surface area contributed by atoms with Crippen molar-refractivity contribution >= 4 is 6.09 Å². The van der Waals surface area contributed by atoms with Crippen LogP contribution in [0.4, 0.5) is 4.79 Å². The van der Waals surface area contributed by atoms with Gasteiger partial charge in [-0.25, -0.2) is 4.79 Å². The van der Waals surface area contributed by atoms with Gasteiger partial charge < -0.3 is 15.0 Å². The van der Waals surface area contributed by atoms with Gasteiger partial charge in [-0.15, -0.1) is 0 Å². The maximum absolute atomic E-state index is 12.4. The molecule has 2 bridgehead atoms. The molecule has 21 heavy (non-hydrogen) atoms. The highest BCUT2D eigenvalue weighted by Crippen LogP contribution is 2.41. The molecule has 4 nitrogen and oxygen atoms in total. The maximum Gasteiger partial charge on any atom is 0.410 e. The molecule has 1 amide bonds. The zero-order valence-electron chi connectivity index (χ0n) is 12.3. The van der Waals surface area contributed by atoms with Crippen molar-refractivity contribution in [3.8, 4) is 0 Å². The summed E-state index contributed by atoms with van der Waals surface area (Å²) in [5.41, 5.74) is 0.970. The summed E-state index contributed by atoms with van der Waals surface area (Å²) in [6.07, 6.45) is 5.30. The Bertz CT molecular complexity index is 519. The number of piperidine rings is 1. The smallest absolute Gasteiger partial charge is 0.410 e. The summed E-state index contributed by atoms with van der Waals surface area (Å²) in [5.74, 6) is 0. The first-order chi connectivity index (χ1) is 10.2. The minimum Gasteiger partial charge on any atom is -0.443 e. The van der Waals surface area contributed by atoms with Gasteiger partial charge in [0.1, 0.15) is 5.60 Å².